The lowest BCUT2D eigenvalue weighted by Crippen LogP contribution is -2.25. The van der Waals surface area contributed by atoms with Crippen molar-refractivity contribution in [1.82, 2.24) is 10.3 Å². The third-order valence-electron chi connectivity index (χ3n) is 3.62. The second-order valence-electron chi connectivity index (χ2n) is 5.44. The van der Waals surface area contributed by atoms with Gasteiger partial charge >= 0.3 is 6.61 Å². The molecule has 26 heavy (non-hydrogen) atoms. The van der Waals surface area contributed by atoms with Crippen molar-refractivity contribution in [3.8, 4) is 16.5 Å². The van der Waals surface area contributed by atoms with Crippen LogP contribution < -0.4 is 10.1 Å². The third kappa shape index (κ3) is 4.45. The van der Waals surface area contributed by atoms with Gasteiger partial charge in [-0.05, 0) is 24.4 Å². The Hall–Kier alpha value is -2.74. The molecule has 136 valence electrons. The molecule has 3 rings (SSSR count). The first-order chi connectivity index (χ1) is 12.5. The zero-order chi connectivity index (χ0) is 18.5. The Bertz CT molecular complexity index is 878. The first-order valence-electron chi connectivity index (χ1n) is 7.82. The molecule has 0 unspecified atom stereocenters. The number of ether oxygens (including phenoxy) is 1. The number of thiophene rings is 1. The van der Waals surface area contributed by atoms with E-state index in [1.165, 1.54) is 17.4 Å². The van der Waals surface area contributed by atoms with Crippen LogP contribution in [0.15, 0.2) is 46.2 Å². The highest BCUT2D eigenvalue weighted by molar-refractivity contribution is 7.13. The summed E-state index contributed by atoms with van der Waals surface area (Å²) in [5.41, 5.74) is 1.01. The number of halogens is 2. The highest BCUT2D eigenvalue weighted by atomic mass is 32.1. The van der Waals surface area contributed by atoms with Gasteiger partial charge in [-0.1, -0.05) is 24.3 Å². The molecule has 0 fully saturated rings. The van der Waals surface area contributed by atoms with Crippen LogP contribution in [0.2, 0.25) is 0 Å². The van der Waals surface area contributed by atoms with Crippen LogP contribution in [0.3, 0.4) is 0 Å². The summed E-state index contributed by atoms with van der Waals surface area (Å²) >= 11 is 1.50. The van der Waals surface area contributed by atoms with Crippen LogP contribution in [0, 0.1) is 6.92 Å². The number of rotatable bonds is 7. The Morgan fingerprint density at radius 2 is 2.12 bits per heavy atom. The number of hydrogen-bond donors (Lipinski definition) is 1. The van der Waals surface area contributed by atoms with Gasteiger partial charge in [0.15, 0.2) is 0 Å². The molecule has 0 spiro atoms. The van der Waals surface area contributed by atoms with E-state index in [4.69, 9.17) is 4.42 Å². The van der Waals surface area contributed by atoms with Crippen molar-refractivity contribution in [2.45, 2.75) is 26.5 Å². The van der Waals surface area contributed by atoms with Gasteiger partial charge in [-0.2, -0.15) is 8.78 Å². The van der Waals surface area contributed by atoms with Crippen molar-refractivity contribution in [1.29, 1.82) is 0 Å². The Morgan fingerprint density at radius 3 is 2.85 bits per heavy atom. The van der Waals surface area contributed by atoms with E-state index in [2.05, 4.69) is 15.0 Å². The number of aryl methyl sites for hydroxylation is 1. The summed E-state index contributed by atoms with van der Waals surface area (Å²) in [6.45, 7) is -1.09. The van der Waals surface area contributed by atoms with Crippen LogP contribution in [-0.4, -0.2) is 17.5 Å². The number of oxazole rings is 1. The number of aromatic nitrogens is 1. The molecule has 8 heteroatoms. The van der Waals surface area contributed by atoms with E-state index in [0.29, 0.717) is 22.9 Å². The van der Waals surface area contributed by atoms with Crippen molar-refractivity contribution in [2.75, 3.05) is 0 Å². The minimum atomic E-state index is -2.92. The van der Waals surface area contributed by atoms with Gasteiger partial charge in [0.2, 0.25) is 11.8 Å². The standard InChI is InChI=1S/C18H16F2N2O3S/c1-11-13(22-17(24-11)15-7-4-8-26-15)9-16(23)21-10-12-5-2-3-6-14(12)25-18(19)20/h2-8,18H,9-10H2,1H3,(H,21,23). The van der Waals surface area contributed by atoms with Gasteiger partial charge in [0.1, 0.15) is 11.5 Å². The summed E-state index contributed by atoms with van der Waals surface area (Å²) in [5, 5.41) is 4.61. The smallest absolute Gasteiger partial charge is 0.387 e. The Balaban J connectivity index is 1.62. The van der Waals surface area contributed by atoms with E-state index in [9.17, 15) is 13.6 Å². The number of alkyl halides is 2. The van der Waals surface area contributed by atoms with E-state index in [0.717, 1.165) is 4.88 Å². The lowest BCUT2D eigenvalue weighted by Gasteiger charge is -2.11. The van der Waals surface area contributed by atoms with Crippen molar-refractivity contribution in [3.63, 3.8) is 0 Å². The van der Waals surface area contributed by atoms with Gasteiger partial charge in [0, 0.05) is 12.1 Å². The maximum atomic E-state index is 12.4. The molecule has 0 saturated heterocycles. The monoisotopic (exact) mass is 378 g/mol. The maximum Gasteiger partial charge on any atom is 0.387 e. The molecule has 2 heterocycles. The molecule has 0 bridgehead atoms. The summed E-state index contributed by atoms with van der Waals surface area (Å²) in [5.74, 6) is 0.812. The molecule has 2 aromatic heterocycles. The fraction of sp³-hybridized carbons (Fsp3) is 0.222. The first kappa shape index (κ1) is 18.1. The molecule has 5 nitrogen and oxygen atoms in total. The van der Waals surface area contributed by atoms with Crippen molar-refractivity contribution in [2.24, 2.45) is 0 Å². The minimum Gasteiger partial charge on any atom is -0.440 e. The zero-order valence-corrected chi connectivity index (χ0v) is 14.7. The number of nitrogens with zero attached hydrogens (tertiary/aromatic N) is 1. The van der Waals surface area contributed by atoms with Crippen molar-refractivity contribution in [3.05, 3.63) is 58.8 Å². The predicted octanol–water partition coefficient (Wildman–Crippen LogP) is 4.17. The highest BCUT2D eigenvalue weighted by Crippen LogP contribution is 2.26. The quantitative estimate of drug-likeness (QED) is 0.670. The van der Waals surface area contributed by atoms with Crippen molar-refractivity contribution < 1.29 is 22.7 Å². The van der Waals surface area contributed by atoms with Gasteiger partial charge < -0.3 is 14.5 Å². The first-order valence-corrected chi connectivity index (χ1v) is 8.70. The lowest BCUT2D eigenvalue weighted by atomic mass is 10.2. The summed E-state index contributed by atoms with van der Waals surface area (Å²) in [4.78, 5) is 17.4. The molecule has 0 saturated carbocycles. The van der Waals surface area contributed by atoms with Crippen molar-refractivity contribution >= 4 is 17.2 Å². The molecule has 1 amide bonds. The van der Waals surface area contributed by atoms with Crippen LogP contribution in [0.1, 0.15) is 17.0 Å². The fourth-order valence-electron chi connectivity index (χ4n) is 2.37. The SMILES string of the molecule is Cc1oc(-c2cccs2)nc1CC(=O)NCc1ccccc1OC(F)F. The van der Waals surface area contributed by atoms with Crippen LogP contribution >= 0.6 is 11.3 Å². The average Bonchev–Trinajstić information content (AvgIpc) is 3.24. The van der Waals surface area contributed by atoms with E-state index in [-0.39, 0.29) is 24.6 Å². The minimum absolute atomic E-state index is 0.0403. The number of carbonyl (C=O) groups is 1. The predicted molar refractivity (Wildman–Crippen MR) is 93.2 cm³/mol. The van der Waals surface area contributed by atoms with E-state index < -0.39 is 6.61 Å². The summed E-state index contributed by atoms with van der Waals surface area (Å²) in [6.07, 6.45) is 0.0403. The molecule has 1 aromatic carbocycles. The summed E-state index contributed by atoms with van der Waals surface area (Å²) in [7, 11) is 0. The van der Waals surface area contributed by atoms with Gasteiger partial charge in [-0.15, -0.1) is 11.3 Å². The van der Waals surface area contributed by atoms with Gasteiger partial charge in [0.05, 0.1) is 17.0 Å². The summed E-state index contributed by atoms with van der Waals surface area (Å²) in [6, 6.07) is 10.1. The summed E-state index contributed by atoms with van der Waals surface area (Å²) < 4.78 is 34.9. The van der Waals surface area contributed by atoms with Crippen LogP contribution in [0.25, 0.3) is 10.8 Å². The number of hydrogen-bond acceptors (Lipinski definition) is 5. The number of para-hydroxylation sites is 1. The normalized spacial score (nSPS) is 10.9. The number of amides is 1. The third-order valence-corrected chi connectivity index (χ3v) is 4.48. The Morgan fingerprint density at radius 1 is 1.31 bits per heavy atom. The molecular weight excluding hydrogens is 362 g/mol. The molecule has 0 aliphatic carbocycles. The van der Waals surface area contributed by atoms with Gasteiger partial charge in [-0.25, -0.2) is 4.98 Å². The van der Waals surface area contributed by atoms with Crippen LogP contribution in [0.5, 0.6) is 5.75 Å². The Kier molecular flexibility index (Phi) is 5.62. The van der Waals surface area contributed by atoms with E-state index in [1.54, 1.807) is 25.1 Å². The number of nitrogens with one attached hydrogen (secondary N) is 1. The second kappa shape index (κ2) is 8.09. The van der Waals surface area contributed by atoms with E-state index in [1.807, 2.05) is 17.5 Å². The molecule has 0 aliphatic rings. The van der Waals surface area contributed by atoms with Crippen LogP contribution in [-0.2, 0) is 17.8 Å². The second-order valence-corrected chi connectivity index (χ2v) is 6.39. The molecular formula is C18H16F2N2O3S. The number of benzene rings is 1. The molecule has 0 aliphatic heterocycles. The largest absolute Gasteiger partial charge is 0.440 e. The average molecular weight is 378 g/mol. The zero-order valence-electron chi connectivity index (χ0n) is 13.9. The van der Waals surface area contributed by atoms with Crippen LogP contribution in [0.4, 0.5) is 8.78 Å². The Labute approximate surface area is 152 Å². The fourth-order valence-corrected chi connectivity index (χ4v) is 3.02. The van der Waals surface area contributed by atoms with Gasteiger partial charge in [0.25, 0.3) is 0 Å². The molecule has 0 atom stereocenters. The highest BCUT2D eigenvalue weighted by Gasteiger charge is 2.16. The maximum absolute atomic E-state index is 12.4. The molecule has 0 radical (unpaired) electrons. The topological polar surface area (TPSA) is 64.4 Å². The lowest BCUT2D eigenvalue weighted by molar-refractivity contribution is -0.120. The molecule has 3 aromatic rings. The van der Waals surface area contributed by atoms with Gasteiger partial charge in [-0.3, -0.25) is 4.79 Å². The molecule has 1 N–H and O–H groups in total. The number of carbonyl (C=O) groups excluding carboxylic acids is 1. The van der Waals surface area contributed by atoms with E-state index >= 15 is 0 Å².